The molecule has 0 saturated carbocycles. The van der Waals surface area contributed by atoms with Gasteiger partial charge in [0.15, 0.2) is 11.5 Å². The average molecular weight is 539 g/mol. The minimum absolute atomic E-state index is 0. The first kappa shape index (κ1) is 32.5. The second kappa shape index (κ2) is 17.1. The first-order valence-corrected chi connectivity index (χ1v) is 12.4. The molecule has 0 spiro atoms. The Kier molecular flexibility index (Phi) is 15.0. The fraction of sp³-hybridized carbons (Fsp3) is 0.536. The first-order valence-electron chi connectivity index (χ1n) is 12.4. The summed E-state index contributed by atoms with van der Waals surface area (Å²) in [6, 6.07) is 12.4. The standard InChI is InChI=1S/C28H42N2O6.ClH/c1-19(2)21(15-20-11-12-26(35-5)27(16-20)36-14-8-13-33-3)17-23(29)24(31)18-30-28(32)22-9-6-7-10-25(22)34-4;/h6-7,9-12,16,19,21,23-24,31H,8,13-15,17-18,29H2,1-5H3,(H,30,32);1H/t21-,23-,24-;/m0./s1. The van der Waals surface area contributed by atoms with Crippen molar-refractivity contribution in [2.45, 2.75) is 45.3 Å². The van der Waals surface area contributed by atoms with Crippen LogP contribution in [0.5, 0.6) is 17.2 Å². The number of carbonyl (C=O) groups is 1. The van der Waals surface area contributed by atoms with Gasteiger partial charge in [-0.15, -0.1) is 12.4 Å². The minimum Gasteiger partial charge on any atom is -0.496 e. The van der Waals surface area contributed by atoms with Crippen molar-refractivity contribution in [2.24, 2.45) is 17.6 Å². The number of para-hydroxylation sites is 1. The maximum atomic E-state index is 12.5. The largest absolute Gasteiger partial charge is 0.496 e. The molecule has 0 heterocycles. The van der Waals surface area contributed by atoms with Crippen molar-refractivity contribution in [3.05, 3.63) is 53.6 Å². The minimum atomic E-state index is -0.875. The van der Waals surface area contributed by atoms with Crippen molar-refractivity contribution in [2.75, 3.05) is 41.1 Å². The molecule has 0 aliphatic heterocycles. The highest BCUT2D eigenvalue weighted by molar-refractivity contribution is 5.96. The van der Waals surface area contributed by atoms with Crippen LogP contribution in [0.15, 0.2) is 42.5 Å². The molecule has 4 N–H and O–H groups in total. The monoisotopic (exact) mass is 538 g/mol. The van der Waals surface area contributed by atoms with E-state index in [0.717, 1.165) is 18.4 Å². The lowest BCUT2D eigenvalue weighted by atomic mass is 9.83. The number of benzene rings is 2. The fourth-order valence-corrected chi connectivity index (χ4v) is 4.02. The smallest absolute Gasteiger partial charge is 0.255 e. The number of carbonyl (C=O) groups excluding carboxylic acids is 1. The zero-order valence-corrected chi connectivity index (χ0v) is 23.4. The van der Waals surface area contributed by atoms with Crippen LogP contribution in [0.3, 0.4) is 0 Å². The maximum Gasteiger partial charge on any atom is 0.255 e. The molecule has 3 atom stereocenters. The lowest BCUT2D eigenvalue weighted by molar-refractivity contribution is 0.0875. The van der Waals surface area contributed by atoms with E-state index in [1.807, 2.05) is 18.2 Å². The number of hydrogen-bond donors (Lipinski definition) is 3. The van der Waals surface area contributed by atoms with Crippen LogP contribution in [0.25, 0.3) is 0 Å². The summed E-state index contributed by atoms with van der Waals surface area (Å²) in [7, 11) is 4.81. The number of methoxy groups -OCH3 is 3. The molecule has 2 aromatic rings. The van der Waals surface area contributed by atoms with Gasteiger partial charge in [0.25, 0.3) is 5.91 Å². The third kappa shape index (κ3) is 10.4. The van der Waals surface area contributed by atoms with Crippen LogP contribution in [-0.4, -0.2) is 64.2 Å². The second-order valence-electron chi connectivity index (χ2n) is 9.27. The van der Waals surface area contributed by atoms with Crippen LogP contribution in [0.4, 0.5) is 0 Å². The van der Waals surface area contributed by atoms with Gasteiger partial charge >= 0.3 is 0 Å². The Morgan fingerprint density at radius 3 is 2.35 bits per heavy atom. The molecule has 8 nitrogen and oxygen atoms in total. The Balaban J connectivity index is 0.00000684. The van der Waals surface area contributed by atoms with E-state index in [4.69, 9.17) is 24.7 Å². The number of amides is 1. The van der Waals surface area contributed by atoms with Gasteiger partial charge in [-0.3, -0.25) is 4.79 Å². The maximum absolute atomic E-state index is 12.5. The fourth-order valence-electron chi connectivity index (χ4n) is 4.02. The highest BCUT2D eigenvalue weighted by Gasteiger charge is 2.24. The van der Waals surface area contributed by atoms with E-state index in [9.17, 15) is 9.90 Å². The number of aliphatic hydroxyl groups is 1. The quantitative estimate of drug-likeness (QED) is 0.278. The Labute approximate surface area is 227 Å². The molecule has 0 bridgehead atoms. The molecule has 0 unspecified atom stereocenters. The Morgan fingerprint density at radius 2 is 1.70 bits per heavy atom. The van der Waals surface area contributed by atoms with Gasteiger partial charge in [0, 0.05) is 32.7 Å². The van der Waals surface area contributed by atoms with Gasteiger partial charge < -0.3 is 35.1 Å². The number of nitrogens with two attached hydrogens (primary N) is 1. The molecule has 208 valence electrons. The summed E-state index contributed by atoms with van der Waals surface area (Å²) in [6.45, 7) is 5.54. The summed E-state index contributed by atoms with van der Waals surface area (Å²) in [5.41, 5.74) is 7.91. The predicted molar refractivity (Wildman–Crippen MR) is 148 cm³/mol. The molecular formula is C28H43ClN2O6. The number of ether oxygens (including phenoxy) is 4. The molecule has 2 rings (SSSR count). The topological polar surface area (TPSA) is 112 Å². The molecule has 1 amide bonds. The van der Waals surface area contributed by atoms with E-state index >= 15 is 0 Å². The Bertz CT molecular complexity index is 943. The van der Waals surface area contributed by atoms with Crippen molar-refractivity contribution in [1.82, 2.24) is 5.32 Å². The molecule has 0 aliphatic carbocycles. The van der Waals surface area contributed by atoms with Gasteiger partial charge in [0.1, 0.15) is 5.75 Å². The molecule has 9 heteroatoms. The van der Waals surface area contributed by atoms with Crippen molar-refractivity contribution in [3.8, 4) is 17.2 Å². The Hall–Kier alpha value is -2.52. The van der Waals surface area contributed by atoms with Gasteiger partial charge in [-0.25, -0.2) is 0 Å². The number of hydrogen-bond acceptors (Lipinski definition) is 7. The third-order valence-corrected chi connectivity index (χ3v) is 6.31. The van der Waals surface area contributed by atoms with Crippen LogP contribution >= 0.6 is 12.4 Å². The van der Waals surface area contributed by atoms with Gasteiger partial charge in [0.2, 0.25) is 0 Å². The number of halogens is 1. The van der Waals surface area contributed by atoms with Crippen LogP contribution in [0.1, 0.15) is 42.6 Å². The van der Waals surface area contributed by atoms with E-state index < -0.39 is 12.1 Å². The molecule has 0 saturated heterocycles. The predicted octanol–water partition coefficient (Wildman–Crippen LogP) is 3.86. The molecule has 0 aliphatic rings. The molecule has 37 heavy (non-hydrogen) atoms. The molecule has 0 radical (unpaired) electrons. The number of aliphatic hydroxyl groups excluding tert-OH is 1. The molecule has 0 fully saturated rings. The zero-order chi connectivity index (χ0) is 26.5. The van der Waals surface area contributed by atoms with Crippen LogP contribution in [0, 0.1) is 11.8 Å². The van der Waals surface area contributed by atoms with Crippen molar-refractivity contribution in [3.63, 3.8) is 0 Å². The zero-order valence-electron chi connectivity index (χ0n) is 22.6. The van der Waals surface area contributed by atoms with Gasteiger partial charge in [-0.05, 0) is 54.5 Å². The highest BCUT2D eigenvalue weighted by atomic mass is 35.5. The van der Waals surface area contributed by atoms with Gasteiger partial charge in [-0.2, -0.15) is 0 Å². The van der Waals surface area contributed by atoms with Crippen LogP contribution in [0.2, 0.25) is 0 Å². The molecule has 0 aromatic heterocycles. The van der Waals surface area contributed by atoms with Crippen molar-refractivity contribution >= 4 is 18.3 Å². The van der Waals surface area contributed by atoms with Crippen molar-refractivity contribution in [1.29, 1.82) is 0 Å². The normalized spacial score (nSPS) is 13.3. The van der Waals surface area contributed by atoms with E-state index in [0.29, 0.717) is 48.4 Å². The lowest BCUT2D eigenvalue weighted by Crippen LogP contribution is -2.45. The summed E-state index contributed by atoms with van der Waals surface area (Å²) in [4.78, 5) is 12.5. The third-order valence-electron chi connectivity index (χ3n) is 6.31. The van der Waals surface area contributed by atoms with E-state index in [1.54, 1.807) is 38.5 Å². The first-order chi connectivity index (χ1) is 17.3. The number of rotatable bonds is 16. The number of nitrogens with one attached hydrogen (secondary N) is 1. The highest BCUT2D eigenvalue weighted by Crippen LogP contribution is 2.31. The van der Waals surface area contributed by atoms with E-state index in [1.165, 1.54) is 7.11 Å². The molecular weight excluding hydrogens is 496 g/mol. The van der Waals surface area contributed by atoms with Crippen LogP contribution in [-0.2, 0) is 11.2 Å². The second-order valence-corrected chi connectivity index (χ2v) is 9.27. The van der Waals surface area contributed by atoms with Gasteiger partial charge in [0.05, 0.1) is 32.5 Å². The van der Waals surface area contributed by atoms with Gasteiger partial charge in [-0.1, -0.05) is 32.0 Å². The summed E-state index contributed by atoms with van der Waals surface area (Å²) in [5.74, 6) is 2.15. The SMILES string of the molecule is COCCCOc1cc(C[C@@H](C[C@H](N)[C@@H](O)CNC(=O)c2ccccc2OC)C(C)C)ccc1OC.Cl. The Morgan fingerprint density at radius 1 is 1.00 bits per heavy atom. The van der Waals surface area contributed by atoms with E-state index in [-0.39, 0.29) is 30.8 Å². The summed E-state index contributed by atoms with van der Waals surface area (Å²) < 4.78 is 21.7. The lowest BCUT2D eigenvalue weighted by Gasteiger charge is -2.27. The van der Waals surface area contributed by atoms with Crippen molar-refractivity contribution < 1.29 is 28.8 Å². The van der Waals surface area contributed by atoms with E-state index in [2.05, 4.69) is 19.2 Å². The molecule has 2 aromatic carbocycles. The average Bonchev–Trinajstić information content (AvgIpc) is 2.89. The summed E-state index contributed by atoms with van der Waals surface area (Å²) >= 11 is 0. The summed E-state index contributed by atoms with van der Waals surface area (Å²) in [5, 5.41) is 13.4. The summed E-state index contributed by atoms with van der Waals surface area (Å²) in [6.07, 6.45) is 1.31. The van der Waals surface area contributed by atoms with Crippen LogP contribution < -0.4 is 25.3 Å².